The van der Waals surface area contributed by atoms with E-state index in [0.29, 0.717) is 8.95 Å². The first-order chi connectivity index (χ1) is 5.52. The molecule has 0 amide bonds. The number of hydrogen-bond donors (Lipinski definition) is 1. The molecule has 0 bridgehead atoms. The molecule has 0 spiro atoms. The summed E-state index contributed by atoms with van der Waals surface area (Å²) in [6.45, 7) is 0. The Hall–Kier alpha value is -0.620. The van der Waals surface area contributed by atoms with Crippen LogP contribution in [0.1, 0.15) is 0 Å². The van der Waals surface area contributed by atoms with Gasteiger partial charge in [0.25, 0.3) is 5.69 Å². The maximum Gasteiger partial charge on any atom is 0.271 e. The van der Waals surface area contributed by atoms with Gasteiger partial charge in [-0.1, -0.05) is 0 Å². The quantitative estimate of drug-likeness (QED) is 0.640. The highest BCUT2D eigenvalue weighted by molar-refractivity contribution is 9.11. The van der Waals surface area contributed by atoms with Crippen molar-refractivity contribution >= 4 is 37.5 Å². The van der Waals surface area contributed by atoms with Crippen LogP contribution in [0.25, 0.3) is 0 Å². The second-order valence-electron chi connectivity index (χ2n) is 2.02. The highest BCUT2D eigenvalue weighted by Crippen LogP contribution is 2.35. The van der Waals surface area contributed by atoms with Gasteiger partial charge in [0.15, 0.2) is 0 Å². The van der Waals surface area contributed by atoms with Crippen LogP contribution >= 0.6 is 31.9 Å². The van der Waals surface area contributed by atoms with Gasteiger partial charge in [0.05, 0.1) is 13.9 Å². The van der Waals surface area contributed by atoms with E-state index in [1.54, 1.807) is 0 Å². The van der Waals surface area contributed by atoms with Crippen molar-refractivity contribution in [3.63, 3.8) is 0 Å². The van der Waals surface area contributed by atoms with Gasteiger partial charge in [0, 0.05) is 12.1 Å². The Morgan fingerprint density at radius 1 is 1.33 bits per heavy atom. The molecular formula is C6H3Br2NO3. The zero-order chi connectivity index (χ0) is 9.30. The lowest BCUT2D eigenvalue weighted by Gasteiger charge is -1.98. The summed E-state index contributed by atoms with van der Waals surface area (Å²) in [6, 6.07) is 2.47. The molecular weight excluding hydrogens is 294 g/mol. The van der Waals surface area contributed by atoms with E-state index in [1.165, 1.54) is 12.1 Å². The molecule has 1 aromatic carbocycles. The molecule has 1 rings (SSSR count). The van der Waals surface area contributed by atoms with Crippen molar-refractivity contribution in [3.05, 3.63) is 31.2 Å². The predicted octanol–water partition coefficient (Wildman–Crippen LogP) is 2.83. The molecule has 0 aliphatic carbocycles. The Bertz CT molecular complexity index is 317. The number of rotatable bonds is 1. The van der Waals surface area contributed by atoms with Gasteiger partial charge in [-0.3, -0.25) is 10.1 Å². The first-order valence-electron chi connectivity index (χ1n) is 2.85. The Morgan fingerprint density at radius 2 is 1.75 bits per heavy atom. The number of benzene rings is 1. The van der Waals surface area contributed by atoms with Crippen LogP contribution in [0.2, 0.25) is 0 Å². The molecule has 0 aliphatic heterocycles. The average Bonchev–Trinajstić information content (AvgIpc) is 1.99. The summed E-state index contributed by atoms with van der Waals surface area (Å²) >= 11 is 5.96. The minimum atomic E-state index is -0.533. The predicted molar refractivity (Wildman–Crippen MR) is 50.2 cm³/mol. The molecule has 0 aliphatic rings. The molecule has 0 atom stereocenters. The van der Waals surface area contributed by atoms with Gasteiger partial charge >= 0.3 is 0 Å². The van der Waals surface area contributed by atoms with Crippen molar-refractivity contribution in [2.24, 2.45) is 0 Å². The smallest absolute Gasteiger partial charge is 0.271 e. The molecule has 0 saturated carbocycles. The van der Waals surface area contributed by atoms with Crippen LogP contribution in [0.15, 0.2) is 21.1 Å². The van der Waals surface area contributed by atoms with Crippen molar-refractivity contribution < 1.29 is 10.0 Å². The third-order valence-electron chi connectivity index (χ3n) is 1.21. The fourth-order valence-corrected chi connectivity index (χ4v) is 1.82. The summed E-state index contributed by atoms with van der Waals surface area (Å²) in [4.78, 5) is 9.77. The van der Waals surface area contributed by atoms with Gasteiger partial charge in [-0.15, -0.1) is 0 Å². The maximum absolute atomic E-state index is 10.3. The van der Waals surface area contributed by atoms with E-state index in [1.807, 2.05) is 0 Å². The van der Waals surface area contributed by atoms with Gasteiger partial charge in [-0.05, 0) is 31.9 Å². The lowest BCUT2D eigenvalue weighted by atomic mass is 10.3. The molecule has 6 heteroatoms. The van der Waals surface area contributed by atoms with Gasteiger partial charge < -0.3 is 5.11 Å². The van der Waals surface area contributed by atoms with Crippen molar-refractivity contribution in [3.8, 4) is 5.75 Å². The number of phenols is 1. The number of hydrogen-bond acceptors (Lipinski definition) is 3. The van der Waals surface area contributed by atoms with E-state index in [9.17, 15) is 15.2 Å². The molecule has 64 valence electrons. The molecule has 0 saturated heterocycles. The zero-order valence-corrected chi connectivity index (χ0v) is 8.79. The first kappa shape index (κ1) is 9.47. The minimum Gasteiger partial charge on any atom is -0.506 e. The van der Waals surface area contributed by atoms with Crippen molar-refractivity contribution in [1.29, 1.82) is 0 Å². The van der Waals surface area contributed by atoms with E-state index in [0.717, 1.165) is 0 Å². The maximum atomic E-state index is 10.3. The number of halogens is 2. The monoisotopic (exact) mass is 295 g/mol. The van der Waals surface area contributed by atoms with Crippen LogP contribution in [0.4, 0.5) is 5.69 Å². The highest BCUT2D eigenvalue weighted by Gasteiger charge is 2.12. The van der Waals surface area contributed by atoms with Crippen LogP contribution in [-0.2, 0) is 0 Å². The SMILES string of the molecule is O=[N+]([O-])c1cc(Br)c(O)c(Br)c1. The summed E-state index contributed by atoms with van der Waals surface area (Å²) in [6.07, 6.45) is 0. The largest absolute Gasteiger partial charge is 0.506 e. The Balaban J connectivity index is 3.31. The van der Waals surface area contributed by atoms with Gasteiger partial charge in [-0.2, -0.15) is 0 Å². The van der Waals surface area contributed by atoms with Crippen LogP contribution in [0.5, 0.6) is 5.75 Å². The van der Waals surface area contributed by atoms with E-state index in [4.69, 9.17) is 0 Å². The standard InChI is InChI=1S/C6H3Br2NO3/c7-4-1-3(9(11)12)2-5(8)6(4)10/h1-2,10H. The van der Waals surface area contributed by atoms with Crippen molar-refractivity contribution in [2.45, 2.75) is 0 Å². The van der Waals surface area contributed by atoms with E-state index >= 15 is 0 Å². The van der Waals surface area contributed by atoms with Gasteiger partial charge in [0.1, 0.15) is 5.75 Å². The molecule has 12 heavy (non-hydrogen) atoms. The number of aromatic hydroxyl groups is 1. The molecule has 0 aromatic heterocycles. The van der Waals surface area contributed by atoms with Gasteiger partial charge in [-0.25, -0.2) is 0 Å². The second kappa shape index (κ2) is 3.40. The summed E-state index contributed by atoms with van der Waals surface area (Å²) in [7, 11) is 0. The molecule has 4 nitrogen and oxygen atoms in total. The van der Waals surface area contributed by atoms with Crippen LogP contribution in [-0.4, -0.2) is 10.0 Å². The fraction of sp³-hybridized carbons (Fsp3) is 0. The van der Waals surface area contributed by atoms with Gasteiger partial charge in [0.2, 0.25) is 0 Å². The summed E-state index contributed by atoms with van der Waals surface area (Å²) in [5, 5.41) is 19.5. The number of nitrogens with zero attached hydrogens (tertiary/aromatic N) is 1. The third kappa shape index (κ3) is 1.75. The third-order valence-corrected chi connectivity index (χ3v) is 2.42. The molecule has 0 unspecified atom stereocenters. The average molecular weight is 297 g/mol. The lowest BCUT2D eigenvalue weighted by molar-refractivity contribution is -0.385. The van der Waals surface area contributed by atoms with E-state index in [-0.39, 0.29) is 11.4 Å². The normalized spacial score (nSPS) is 9.83. The second-order valence-corrected chi connectivity index (χ2v) is 3.72. The first-order valence-corrected chi connectivity index (χ1v) is 4.43. The van der Waals surface area contributed by atoms with Crippen LogP contribution in [0.3, 0.4) is 0 Å². The van der Waals surface area contributed by atoms with Crippen molar-refractivity contribution in [1.82, 2.24) is 0 Å². The van der Waals surface area contributed by atoms with E-state index in [2.05, 4.69) is 31.9 Å². The number of phenolic OH excluding ortho intramolecular Hbond substituents is 1. The van der Waals surface area contributed by atoms with E-state index < -0.39 is 4.92 Å². The Labute approximate surface area is 84.6 Å². The Kier molecular flexibility index (Phi) is 2.69. The summed E-state index contributed by atoms with van der Waals surface area (Å²) in [5.41, 5.74) is -0.0773. The lowest BCUT2D eigenvalue weighted by Crippen LogP contribution is -1.87. The highest BCUT2D eigenvalue weighted by atomic mass is 79.9. The minimum absolute atomic E-state index is 0.0411. The molecule has 1 aromatic rings. The Morgan fingerprint density at radius 3 is 2.08 bits per heavy atom. The molecule has 1 N–H and O–H groups in total. The molecule has 0 radical (unpaired) electrons. The number of nitro benzene ring substituents is 1. The van der Waals surface area contributed by atoms with Crippen LogP contribution < -0.4 is 0 Å². The topological polar surface area (TPSA) is 63.4 Å². The zero-order valence-electron chi connectivity index (χ0n) is 5.62. The fourth-order valence-electron chi connectivity index (χ4n) is 0.658. The summed E-state index contributed by atoms with van der Waals surface area (Å²) in [5.74, 6) is -0.0411. The van der Waals surface area contributed by atoms with Crippen LogP contribution in [0, 0.1) is 10.1 Å². The van der Waals surface area contributed by atoms with Crippen molar-refractivity contribution in [2.75, 3.05) is 0 Å². The molecule has 0 heterocycles. The molecule has 0 fully saturated rings. The summed E-state index contributed by atoms with van der Waals surface area (Å²) < 4.78 is 0.590. The number of nitro groups is 1. The number of non-ortho nitro benzene ring substituents is 1.